The number of imidazole rings is 1. The Morgan fingerprint density at radius 3 is 2.63 bits per heavy atom. The van der Waals surface area contributed by atoms with Crippen LogP contribution >= 0.6 is 11.8 Å². The molecular weight excluding hydrogens is 426 g/mol. The number of carbonyl (C=O) groups excluding carboxylic acids is 1. The van der Waals surface area contributed by atoms with Crippen LogP contribution in [0.4, 0.5) is 0 Å². The Morgan fingerprint density at radius 2 is 1.93 bits per heavy atom. The van der Waals surface area contributed by atoms with E-state index >= 15 is 0 Å². The Bertz CT molecular complexity index is 1150. The fraction of sp³-hybridized carbons (Fsp3) is 0.300. The number of aromatic amines is 1. The van der Waals surface area contributed by atoms with E-state index in [1.807, 2.05) is 0 Å². The van der Waals surface area contributed by atoms with Crippen molar-refractivity contribution >= 4 is 38.6 Å². The monoisotopic (exact) mass is 447 g/mol. The lowest BCUT2D eigenvalue weighted by Crippen LogP contribution is -2.40. The number of ketones is 1. The van der Waals surface area contributed by atoms with Crippen molar-refractivity contribution in [3.63, 3.8) is 0 Å². The van der Waals surface area contributed by atoms with Crippen molar-refractivity contribution in [2.45, 2.75) is 10.1 Å². The van der Waals surface area contributed by atoms with Crippen LogP contribution in [0.1, 0.15) is 10.4 Å². The number of nitrogens with one attached hydrogen (secondary N) is 1. The zero-order chi connectivity index (χ0) is 21.1. The van der Waals surface area contributed by atoms with Gasteiger partial charge < -0.3 is 14.5 Å². The fourth-order valence-electron chi connectivity index (χ4n) is 3.12. The van der Waals surface area contributed by atoms with Gasteiger partial charge in [-0.25, -0.2) is 13.4 Å². The maximum absolute atomic E-state index is 12.8. The lowest BCUT2D eigenvalue weighted by atomic mass is 10.1. The molecule has 1 saturated heterocycles. The molecule has 1 aliphatic heterocycles. The van der Waals surface area contributed by atoms with Crippen molar-refractivity contribution < 1.29 is 22.7 Å². The van der Waals surface area contributed by atoms with Crippen molar-refractivity contribution in [1.82, 2.24) is 14.3 Å². The van der Waals surface area contributed by atoms with Crippen LogP contribution in [0.2, 0.25) is 0 Å². The van der Waals surface area contributed by atoms with E-state index in [0.29, 0.717) is 53.8 Å². The first-order valence-corrected chi connectivity index (χ1v) is 11.8. The molecule has 1 aliphatic rings. The molecule has 8 nitrogen and oxygen atoms in total. The van der Waals surface area contributed by atoms with Crippen LogP contribution in [-0.4, -0.2) is 67.6 Å². The summed E-state index contributed by atoms with van der Waals surface area (Å²) in [6.45, 7) is 1.49. The van der Waals surface area contributed by atoms with Gasteiger partial charge in [0.05, 0.1) is 42.0 Å². The summed E-state index contributed by atoms with van der Waals surface area (Å²) in [5.74, 6) is 0.878. The van der Waals surface area contributed by atoms with Crippen LogP contribution in [0, 0.1) is 0 Å². The number of ether oxygens (including phenoxy) is 2. The highest BCUT2D eigenvalue weighted by Crippen LogP contribution is 2.25. The third kappa shape index (κ3) is 4.36. The second-order valence-electron chi connectivity index (χ2n) is 6.68. The number of hydrogen-bond donors (Lipinski definition) is 1. The molecule has 0 amide bonds. The number of morpholine rings is 1. The number of thioether (sulfide) groups is 1. The molecule has 158 valence electrons. The maximum atomic E-state index is 12.8. The Balaban J connectivity index is 1.47. The standard InChI is InChI=1S/C20H21N3O5S2/c1-27-15-4-2-14(3-5-15)19(24)13-29-20-21-17-7-6-16(12-18(17)22-20)30(25,26)23-8-10-28-11-9-23/h2-7,12H,8-11,13H2,1H3,(H,21,22). The van der Waals surface area contributed by atoms with Crippen LogP contribution in [-0.2, 0) is 14.8 Å². The molecule has 0 unspecified atom stereocenters. The highest BCUT2D eigenvalue weighted by atomic mass is 32.2. The van der Waals surface area contributed by atoms with Gasteiger partial charge in [-0.15, -0.1) is 0 Å². The average molecular weight is 448 g/mol. The molecule has 1 aromatic heterocycles. The van der Waals surface area contributed by atoms with E-state index in [1.165, 1.54) is 16.1 Å². The zero-order valence-electron chi connectivity index (χ0n) is 16.3. The van der Waals surface area contributed by atoms with Crippen LogP contribution in [0.5, 0.6) is 5.75 Å². The number of nitrogens with zero attached hydrogens (tertiary/aromatic N) is 2. The Hall–Kier alpha value is -2.40. The molecule has 2 heterocycles. The number of sulfonamides is 1. The first-order valence-electron chi connectivity index (χ1n) is 9.35. The Kier molecular flexibility index (Phi) is 6.09. The van der Waals surface area contributed by atoms with Crippen LogP contribution in [0.15, 0.2) is 52.5 Å². The second-order valence-corrected chi connectivity index (χ2v) is 9.58. The Morgan fingerprint density at radius 1 is 1.20 bits per heavy atom. The van der Waals surface area contributed by atoms with Gasteiger partial charge >= 0.3 is 0 Å². The molecule has 30 heavy (non-hydrogen) atoms. The van der Waals surface area contributed by atoms with Crippen molar-refractivity contribution in [3.05, 3.63) is 48.0 Å². The first-order chi connectivity index (χ1) is 14.5. The first kappa shape index (κ1) is 20.9. The predicted octanol–water partition coefficient (Wildman–Crippen LogP) is 2.57. The topological polar surface area (TPSA) is 102 Å². The summed E-state index contributed by atoms with van der Waals surface area (Å²) in [7, 11) is -2.00. The molecular formula is C20H21N3O5S2. The van der Waals surface area contributed by atoms with E-state index in [0.717, 1.165) is 0 Å². The largest absolute Gasteiger partial charge is 0.497 e. The van der Waals surface area contributed by atoms with E-state index in [9.17, 15) is 13.2 Å². The number of rotatable bonds is 7. The van der Waals surface area contributed by atoms with Crippen molar-refractivity contribution in [2.24, 2.45) is 0 Å². The fourth-order valence-corrected chi connectivity index (χ4v) is 5.34. The molecule has 0 radical (unpaired) electrons. The molecule has 1 fully saturated rings. The lowest BCUT2D eigenvalue weighted by Gasteiger charge is -2.25. The van der Waals surface area contributed by atoms with E-state index in [1.54, 1.807) is 49.6 Å². The minimum atomic E-state index is -3.58. The van der Waals surface area contributed by atoms with Gasteiger partial charge in [0.2, 0.25) is 10.0 Å². The normalized spacial score (nSPS) is 15.4. The van der Waals surface area contributed by atoms with Gasteiger partial charge in [0.15, 0.2) is 10.9 Å². The molecule has 2 aromatic carbocycles. The van der Waals surface area contributed by atoms with Gasteiger partial charge in [0.25, 0.3) is 0 Å². The molecule has 0 saturated carbocycles. The molecule has 10 heteroatoms. The van der Waals surface area contributed by atoms with E-state index in [4.69, 9.17) is 9.47 Å². The summed E-state index contributed by atoms with van der Waals surface area (Å²) in [4.78, 5) is 20.2. The highest BCUT2D eigenvalue weighted by Gasteiger charge is 2.26. The maximum Gasteiger partial charge on any atom is 0.243 e. The van der Waals surface area contributed by atoms with Gasteiger partial charge in [-0.2, -0.15) is 4.31 Å². The van der Waals surface area contributed by atoms with Crippen molar-refractivity contribution in [1.29, 1.82) is 0 Å². The third-order valence-electron chi connectivity index (χ3n) is 4.79. The van der Waals surface area contributed by atoms with Crippen molar-refractivity contribution in [2.75, 3.05) is 39.2 Å². The third-order valence-corrected chi connectivity index (χ3v) is 7.56. The molecule has 0 bridgehead atoms. The van der Waals surface area contributed by atoms with Gasteiger partial charge in [0, 0.05) is 18.7 Å². The number of carbonyl (C=O) groups is 1. The SMILES string of the molecule is COc1ccc(C(=O)CSc2nc3ccc(S(=O)(=O)N4CCOCC4)cc3[nH]2)cc1. The van der Waals surface area contributed by atoms with Gasteiger partial charge in [-0.3, -0.25) is 4.79 Å². The zero-order valence-corrected chi connectivity index (χ0v) is 18.0. The summed E-state index contributed by atoms with van der Waals surface area (Å²) in [6.07, 6.45) is 0. The van der Waals surface area contributed by atoms with Crippen LogP contribution in [0.3, 0.4) is 0 Å². The quantitative estimate of drug-likeness (QED) is 0.439. The predicted molar refractivity (Wildman–Crippen MR) is 114 cm³/mol. The lowest BCUT2D eigenvalue weighted by molar-refractivity contribution is 0.0730. The number of benzene rings is 2. The summed E-state index contributed by atoms with van der Waals surface area (Å²) in [5.41, 5.74) is 1.86. The smallest absolute Gasteiger partial charge is 0.243 e. The number of H-pyrrole nitrogens is 1. The minimum absolute atomic E-state index is 0.0290. The summed E-state index contributed by atoms with van der Waals surface area (Å²) >= 11 is 1.28. The van der Waals surface area contributed by atoms with Crippen LogP contribution < -0.4 is 4.74 Å². The van der Waals surface area contributed by atoms with Gasteiger partial charge in [-0.1, -0.05) is 11.8 Å². The summed E-state index contributed by atoms with van der Waals surface area (Å²) < 4.78 is 37.4. The highest BCUT2D eigenvalue weighted by molar-refractivity contribution is 7.99. The molecule has 0 spiro atoms. The molecule has 0 aliphatic carbocycles. The average Bonchev–Trinajstić information content (AvgIpc) is 3.20. The molecule has 4 rings (SSSR count). The summed E-state index contributed by atoms with van der Waals surface area (Å²) in [6, 6.07) is 11.8. The minimum Gasteiger partial charge on any atom is -0.497 e. The molecule has 1 N–H and O–H groups in total. The van der Waals surface area contributed by atoms with Crippen molar-refractivity contribution in [3.8, 4) is 5.75 Å². The Labute approximate surface area is 178 Å². The van der Waals surface area contributed by atoms with E-state index in [2.05, 4.69) is 9.97 Å². The van der Waals surface area contributed by atoms with Crippen LogP contribution in [0.25, 0.3) is 11.0 Å². The number of Topliss-reactive ketones (excluding diaryl/α,β-unsaturated/α-hetero) is 1. The van der Waals surface area contributed by atoms with E-state index in [-0.39, 0.29) is 16.4 Å². The molecule has 0 atom stereocenters. The number of methoxy groups -OCH3 is 1. The summed E-state index contributed by atoms with van der Waals surface area (Å²) in [5, 5.41) is 0.563. The van der Waals surface area contributed by atoms with Gasteiger partial charge in [-0.05, 0) is 42.5 Å². The molecule has 3 aromatic rings. The van der Waals surface area contributed by atoms with Gasteiger partial charge in [0.1, 0.15) is 5.75 Å². The number of hydrogen-bond acceptors (Lipinski definition) is 7. The van der Waals surface area contributed by atoms with E-state index < -0.39 is 10.0 Å². The second kappa shape index (κ2) is 8.76. The number of aromatic nitrogens is 2. The number of fused-ring (bicyclic) bond motifs is 1.